The molecule has 0 spiro atoms. The molecule has 0 saturated carbocycles. The molecule has 0 amide bonds. The fourth-order valence-corrected chi connectivity index (χ4v) is 3.91. The van der Waals surface area contributed by atoms with E-state index in [9.17, 15) is 18.7 Å². The van der Waals surface area contributed by atoms with Crippen LogP contribution in [0.5, 0.6) is 0 Å². The highest BCUT2D eigenvalue weighted by Gasteiger charge is 2.20. The number of allylic oxidation sites excluding steroid dienone is 3. The normalized spacial score (nSPS) is 11.4. The number of fused-ring (bicyclic) bond motifs is 1. The van der Waals surface area contributed by atoms with Crippen molar-refractivity contribution in [2.45, 2.75) is 6.54 Å². The summed E-state index contributed by atoms with van der Waals surface area (Å²) < 4.78 is 30.5. The van der Waals surface area contributed by atoms with Gasteiger partial charge in [-0.1, -0.05) is 43.5 Å². The zero-order valence-corrected chi connectivity index (χ0v) is 19.5. The third-order valence-electron chi connectivity index (χ3n) is 5.56. The molecule has 10 heteroatoms. The number of nitrogens with one attached hydrogen (secondary N) is 2. The molecule has 0 fully saturated rings. The van der Waals surface area contributed by atoms with Crippen LogP contribution in [0.3, 0.4) is 0 Å². The second-order valence-electron chi connectivity index (χ2n) is 7.94. The van der Waals surface area contributed by atoms with E-state index in [1.165, 1.54) is 48.8 Å². The summed E-state index contributed by atoms with van der Waals surface area (Å²) in [6, 6.07) is 11.5. The molecule has 0 aliphatic carbocycles. The van der Waals surface area contributed by atoms with Crippen molar-refractivity contribution in [2.24, 2.45) is 0 Å². The average Bonchev–Trinajstić information content (AvgIpc) is 2.86. The van der Waals surface area contributed by atoms with E-state index in [2.05, 4.69) is 28.4 Å². The fourth-order valence-electron chi connectivity index (χ4n) is 3.91. The molecule has 0 unspecified atom stereocenters. The Morgan fingerprint density at radius 1 is 1.16 bits per heavy atom. The number of nitrogens with zero attached hydrogens (tertiary/aromatic N) is 3. The maximum atomic E-state index is 14.8. The zero-order valence-electron chi connectivity index (χ0n) is 19.5. The summed E-state index contributed by atoms with van der Waals surface area (Å²) in [4.78, 5) is 21.5. The highest BCUT2D eigenvalue weighted by Crippen LogP contribution is 2.25. The number of anilines is 2. The number of aromatic nitrogens is 3. The summed E-state index contributed by atoms with van der Waals surface area (Å²) in [6.07, 6.45) is 3.77. The molecule has 0 radical (unpaired) electrons. The van der Waals surface area contributed by atoms with Gasteiger partial charge in [0.15, 0.2) is 0 Å². The number of aliphatic hydroxyl groups excluding tert-OH is 1. The number of benzene rings is 2. The van der Waals surface area contributed by atoms with Crippen molar-refractivity contribution in [3.63, 3.8) is 0 Å². The number of hydrogen-bond donors (Lipinski definition) is 4. The highest BCUT2D eigenvalue weighted by atomic mass is 19.1. The average molecular weight is 501 g/mol. The highest BCUT2D eigenvalue weighted by molar-refractivity contribution is 6.17. The largest absolute Gasteiger partial charge is 0.509 e. The van der Waals surface area contributed by atoms with Crippen LogP contribution in [0, 0.1) is 17.0 Å². The number of hydrogen-bond acceptors (Lipinski definition) is 7. The minimum Gasteiger partial charge on any atom is -0.509 e. The maximum Gasteiger partial charge on any atom is 0.266 e. The summed E-state index contributed by atoms with van der Waals surface area (Å²) in [7, 11) is 0. The van der Waals surface area contributed by atoms with E-state index in [0.29, 0.717) is 11.1 Å². The van der Waals surface area contributed by atoms with Gasteiger partial charge in [-0.05, 0) is 35.7 Å². The van der Waals surface area contributed by atoms with Crippen molar-refractivity contribution in [3.05, 3.63) is 125 Å². The van der Waals surface area contributed by atoms with Gasteiger partial charge in [-0.25, -0.2) is 18.7 Å². The number of aliphatic hydroxyl groups is 1. The van der Waals surface area contributed by atoms with Crippen molar-refractivity contribution in [1.29, 1.82) is 5.41 Å². The first kappa shape index (κ1) is 25.0. The van der Waals surface area contributed by atoms with Crippen LogP contribution in [0.4, 0.5) is 20.4 Å². The van der Waals surface area contributed by atoms with Gasteiger partial charge in [-0.15, -0.1) is 0 Å². The first-order valence-corrected chi connectivity index (χ1v) is 11.0. The molecule has 0 atom stereocenters. The van der Waals surface area contributed by atoms with Crippen molar-refractivity contribution < 1.29 is 13.9 Å². The topological polar surface area (TPSA) is 130 Å². The van der Waals surface area contributed by atoms with Gasteiger partial charge in [0.25, 0.3) is 5.56 Å². The lowest BCUT2D eigenvalue weighted by molar-refractivity contribution is 0.435. The SMILES string of the molecule is C=C/C(=C\C(=C)O)C(=N)c1c(N)ncnc1NCc1cc2cccc(F)c2c(=O)n1-c1ccccc1F. The lowest BCUT2D eigenvalue weighted by Crippen LogP contribution is -2.25. The Kier molecular flexibility index (Phi) is 6.92. The van der Waals surface area contributed by atoms with E-state index >= 15 is 0 Å². The van der Waals surface area contributed by atoms with E-state index in [0.717, 1.165) is 4.57 Å². The van der Waals surface area contributed by atoms with Crippen molar-refractivity contribution in [3.8, 4) is 5.69 Å². The quantitative estimate of drug-likeness (QED) is 0.156. The van der Waals surface area contributed by atoms with Gasteiger partial charge in [-0.3, -0.25) is 14.8 Å². The van der Waals surface area contributed by atoms with Crippen molar-refractivity contribution in [2.75, 3.05) is 11.1 Å². The second-order valence-corrected chi connectivity index (χ2v) is 7.94. The van der Waals surface area contributed by atoms with Crippen LogP contribution in [0.25, 0.3) is 16.5 Å². The molecular weight excluding hydrogens is 478 g/mol. The van der Waals surface area contributed by atoms with Gasteiger partial charge in [0, 0.05) is 11.3 Å². The Bertz CT molecular complexity index is 1660. The maximum absolute atomic E-state index is 14.8. The predicted octanol–water partition coefficient (Wildman–Crippen LogP) is 4.81. The first-order chi connectivity index (χ1) is 17.7. The van der Waals surface area contributed by atoms with Crippen LogP contribution >= 0.6 is 0 Å². The molecular formula is C27H22F2N6O2. The van der Waals surface area contributed by atoms with Gasteiger partial charge >= 0.3 is 0 Å². The molecule has 2 aromatic heterocycles. The van der Waals surface area contributed by atoms with E-state index in [4.69, 9.17) is 11.1 Å². The van der Waals surface area contributed by atoms with Crippen LogP contribution in [-0.4, -0.2) is 25.4 Å². The number of para-hydroxylation sites is 1. The van der Waals surface area contributed by atoms with Gasteiger partial charge in [0.05, 0.1) is 28.9 Å². The molecule has 2 aromatic carbocycles. The minimum atomic E-state index is -0.731. The minimum absolute atomic E-state index is 0.0223. The van der Waals surface area contributed by atoms with Gasteiger partial charge in [-0.2, -0.15) is 0 Å². The molecule has 4 rings (SSSR count). The molecule has 2 heterocycles. The number of halogens is 2. The predicted molar refractivity (Wildman–Crippen MR) is 140 cm³/mol. The standard InChI is InChI=1S/C27H22F2N6O2/c1-3-16(11-15(2)36)24(30)23-25(31)33-14-34-26(23)32-13-18-12-17-7-6-9-20(29)22(17)27(37)35(18)21-10-5-4-8-19(21)28/h3-12,14,30,36H,1-2,13H2,(H3,31,32,33,34)/b16-11+,30-24?. The van der Waals surface area contributed by atoms with Gasteiger partial charge in [0.1, 0.15) is 35.4 Å². The summed E-state index contributed by atoms with van der Waals surface area (Å²) in [5.41, 5.74) is 5.74. The molecule has 0 aliphatic heterocycles. The smallest absolute Gasteiger partial charge is 0.266 e. The monoisotopic (exact) mass is 500 g/mol. The Balaban J connectivity index is 1.85. The molecule has 4 aromatic rings. The third kappa shape index (κ3) is 4.85. The van der Waals surface area contributed by atoms with E-state index in [-0.39, 0.29) is 51.9 Å². The van der Waals surface area contributed by atoms with E-state index < -0.39 is 17.2 Å². The van der Waals surface area contributed by atoms with Crippen LogP contribution in [0.15, 0.2) is 96.3 Å². The lowest BCUT2D eigenvalue weighted by atomic mass is 10.0. The van der Waals surface area contributed by atoms with Gasteiger partial charge < -0.3 is 16.2 Å². The number of nitrogen functional groups attached to an aromatic ring is 1. The number of rotatable bonds is 8. The molecule has 186 valence electrons. The Hall–Kier alpha value is -5.12. The fraction of sp³-hybridized carbons (Fsp3) is 0.0370. The van der Waals surface area contributed by atoms with Crippen molar-refractivity contribution in [1.82, 2.24) is 14.5 Å². The molecule has 0 bridgehead atoms. The van der Waals surface area contributed by atoms with Crippen LogP contribution in [0.2, 0.25) is 0 Å². The van der Waals surface area contributed by atoms with Crippen LogP contribution in [-0.2, 0) is 6.54 Å². The molecule has 0 saturated heterocycles. The Morgan fingerprint density at radius 2 is 1.89 bits per heavy atom. The summed E-state index contributed by atoms with van der Waals surface area (Å²) in [6.45, 7) is 6.96. The van der Waals surface area contributed by atoms with Crippen molar-refractivity contribution >= 4 is 28.1 Å². The van der Waals surface area contributed by atoms with E-state index in [1.807, 2.05) is 0 Å². The Morgan fingerprint density at radius 3 is 2.59 bits per heavy atom. The lowest BCUT2D eigenvalue weighted by Gasteiger charge is -2.18. The summed E-state index contributed by atoms with van der Waals surface area (Å²) in [5.74, 6) is -1.56. The van der Waals surface area contributed by atoms with Gasteiger partial charge in [0.2, 0.25) is 0 Å². The van der Waals surface area contributed by atoms with E-state index in [1.54, 1.807) is 18.2 Å². The molecule has 0 aliphatic rings. The molecule has 8 nitrogen and oxygen atoms in total. The second kappa shape index (κ2) is 10.2. The Labute approximate surface area is 210 Å². The number of pyridine rings is 1. The van der Waals surface area contributed by atoms with Crippen LogP contribution in [0.1, 0.15) is 11.3 Å². The summed E-state index contributed by atoms with van der Waals surface area (Å²) in [5, 5.41) is 21.3. The zero-order chi connectivity index (χ0) is 26.7. The molecule has 5 N–H and O–H groups in total. The number of nitrogens with two attached hydrogens (primary N) is 1. The summed E-state index contributed by atoms with van der Waals surface area (Å²) >= 11 is 0. The molecule has 37 heavy (non-hydrogen) atoms. The van der Waals surface area contributed by atoms with Crippen LogP contribution < -0.4 is 16.6 Å². The third-order valence-corrected chi connectivity index (χ3v) is 5.56. The first-order valence-electron chi connectivity index (χ1n) is 11.0.